The summed E-state index contributed by atoms with van der Waals surface area (Å²) in [6.45, 7) is 6.64. The summed E-state index contributed by atoms with van der Waals surface area (Å²) in [5.74, 6) is 0.653. The van der Waals surface area contributed by atoms with E-state index >= 15 is 0 Å². The van der Waals surface area contributed by atoms with Gasteiger partial charge in [0.2, 0.25) is 0 Å². The Bertz CT molecular complexity index is 323. The predicted molar refractivity (Wildman–Crippen MR) is 75.6 cm³/mol. The molecule has 0 aromatic heterocycles. The molecule has 1 rings (SSSR count). The molecule has 0 spiro atoms. The molecule has 96 valence electrons. The minimum absolute atomic E-state index is 0.423. The summed E-state index contributed by atoms with van der Waals surface area (Å²) in [6.07, 6.45) is 0. The monoisotopic (exact) mass is 254 g/mol. The molecule has 2 atom stereocenters. The summed E-state index contributed by atoms with van der Waals surface area (Å²) >= 11 is 5.90. The molecule has 2 unspecified atom stereocenters. The van der Waals surface area contributed by atoms with Crippen molar-refractivity contribution in [2.75, 3.05) is 27.2 Å². The van der Waals surface area contributed by atoms with Crippen molar-refractivity contribution >= 4 is 11.6 Å². The van der Waals surface area contributed by atoms with E-state index in [9.17, 15) is 0 Å². The fourth-order valence-electron chi connectivity index (χ4n) is 2.06. The molecule has 0 aliphatic rings. The van der Waals surface area contributed by atoms with Crippen LogP contribution in [0.3, 0.4) is 0 Å². The van der Waals surface area contributed by atoms with Gasteiger partial charge in [-0.15, -0.1) is 0 Å². The Balaban J connectivity index is 2.56. The molecule has 17 heavy (non-hydrogen) atoms. The van der Waals surface area contributed by atoms with Crippen molar-refractivity contribution in [3.63, 3.8) is 0 Å². The number of hydrogen-bond donors (Lipinski definition) is 1. The number of nitrogens with one attached hydrogen (secondary N) is 1. The summed E-state index contributed by atoms with van der Waals surface area (Å²) in [5, 5.41) is 4.01. The van der Waals surface area contributed by atoms with E-state index in [1.165, 1.54) is 5.56 Å². The minimum Gasteiger partial charge on any atom is -0.319 e. The fourth-order valence-corrected chi connectivity index (χ4v) is 2.18. The zero-order chi connectivity index (χ0) is 12.8. The Hall–Kier alpha value is -0.570. The van der Waals surface area contributed by atoms with Crippen molar-refractivity contribution in [2.24, 2.45) is 5.92 Å². The number of rotatable bonds is 6. The van der Waals surface area contributed by atoms with Crippen molar-refractivity contribution in [1.82, 2.24) is 10.2 Å². The second-order valence-corrected chi connectivity index (χ2v) is 5.27. The van der Waals surface area contributed by atoms with E-state index in [0.717, 1.165) is 18.1 Å². The molecule has 0 radical (unpaired) electrons. The van der Waals surface area contributed by atoms with Gasteiger partial charge in [0, 0.05) is 17.6 Å². The average molecular weight is 255 g/mol. The Morgan fingerprint density at radius 1 is 1.24 bits per heavy atom. The Labute approximate surface area is 110 Å². The van der Waals surface area contributed by atoms with Gasteiger partial charge in [-0.2, -0.15) is 0 Å². The molecule has 0 heterocycles. The zero-order valence-electron chi connectivity index (χ0n) is 11.2. The molecule has 0 fully saturated rings. The lowest BCUT2D eigenvalue weighted by molar-refractivity contribution is 0.225. The van der Waals surface area contributed by atoms with Gasteiger partial charge in [0.15, 0.2) is 0 Å². The van der Waals surface area contributed by atoms with E-state index in [2.05, 4.69) is 43.2 Å². The average Bonchev–Trinajstić information content (AvgIpc) is 2.29. The van der Waals surface area contributed by atoms with Gasteiger partial charge < -0.3 is 5.32 Å². The van der Waals surface area contributed by atoms with E-state index < -0.39 is 0 Å². The van der Waals surface area contributed by atoms with Gasteiger partial charge in [0.25, 0.3) is 0 Å². The van der Waals surface area contributed by atoms with Gasteiger partial charge in [0.1, 0.15) is 0 Å². The maximum Gasteiger partial charge on any atom is 0.0406 e. The minimum atomic E-state index is 0.423. The second kappa shape index (κ2) is 7.00. The summed E-state index contributed by atoms with van der Waals surface area (Å²) in [4.78, 5) is 2.38. The topological polar surface area (TPSA) is 15.3 Å². The lowest BCUT2D eigenvalue weighted by Gasteiger charge is -2.28. The molecule has 3 heteroatoms. The molecule has 0 saturated carbocycles. The summed E-state index contributed by atoms with van der Waals surface area (Å²) < 4.78 is 0. The molecular formula is C14H23ClN2. The third-order valence-electron chi connectivity index (χ3n) is 3.17. The van der Waals surface area contributed by atoms with Crippen molar-refractivity contribution in [1.29, 1.82) is 0 Å². The Morgan fingerprint density at radius 3 is 2.35 bits per heavy atom. The molecule has 2 nitrogen and oxygen atoms in total. The highest BCUT2D eigenvalue weighted by molar-refractivity contribution is 6.30. The van der Waals surface area contributed by atoms with Crippen LogP contribution in [0.5, 0.6) is 0 Å². The van der Waals surface area contributed by atoms with Crippen LogP contribution in [0.15, 0.2) is 24.3 Å². The highest BCUT2D eigenvalue weighted by Gasteiger charge is 2.13. The quantitative estimate of drug-likeness (QED) is 0.839. The fraction of sp³-hybridized carbons (Fsp3) is 0.571. The Kier molecular flexibility index (Phi) is 5.96. The van der Waals surface area contributed by atoms with Crippen LogP contribution < -0.4 is 5.32 Å². The highest BCUT2D eigenvalue weighted by atomic mass is 35.5. The van der Waals surface area contributed by atoms with Crippen LogP contribution in [0.1, 0.15) is 25.5 Å². The van der Waals surface area contributed by atoms with Gasteiger partial charge in [-0.1, -0.05) is 30.7 Å². The molecule has 1 N–H and O–H groups in total. The SMILES string of the molecule is CNCC(C)CN(C)C(C)c1ccc(Cl)cc1. The van der Waals surface area contributed by atoms with Crippen LogP contribution in [0, 0.1) is 5.92 Å². The van der Waals surface area contributed by atoms with Crippen LogP contribution in [0.2, 0.25) is 5.02 Å². The number of benzene rings is 1. The second-order valence-electron chi connectivity index (χ2n) is 4.83. The van der Waals surface area contributed by atoms with Crippen LogP contribution >= 0.6 is 11.6 Å². The first kappa shape index (κ1) is 14.5. The third kappa shape index (κ3) is 4.66. The van der Waals surface area contributed by atoms with Crippen molar-refractivity contribution in [2.45, 2.75) is 19.9 Å². The van der Waals surface area contributed by atoms with Crippen molar-refractivity contribution in [3.8, 4) is 0 Å². The predicted octanol–water partition coefficient (Wildman–Crippen LogP) is 3.19. The summed E-state index contributed by atoms with van der Waals surface area (Å²) in [5.41, 5.74) is 1.31. The smallest absolute Gasteiger partial charge is 0.0406 e. The maximum absolute atomic E-state index is 5.90. The van der Waals surface area contributed by atoms with E-state index in [0.29, 0.717) is 12.0 Å². The first-order valence-electron chi connectivity index (χ1n) is 6.15. The summed E-state index contributed by atoms with van der Waals surface area (Å²) in [7, 11) is 4.17. The first-order chi connectivity index (χ1) is 8.04. The van der Waals surface area contributed by atoms with Crippen LogP contribution in [-0.2, 0) is 0 Å². The molecule has 1 aromatic carbocycles. The van der Waals surface area contributed by atoms with Crippen molar-refractivity contribution < 1.29 is 0 Å². The van der Waals surface area contributed by atoms with Crippen LogP contribution in [0.4, 0.5) is 0 Å². The van der Waals surface area contributed by atoms with Gasteiger partial charge in [-0.25, -0.2) is 0 Å². The van der Waals surface area contributed by atoms with Crippen molar-refractivity contribution in [3.05, 3.63) is 34.9 Å². The zero-order valence-corrected chi connectivity index (χ0v) is 12.0. The van der Waals surface area contributed by atoms with E-state index in [-0.39, 0.29) is 0 Å². The van der Waals surface area contributed by atoms with Crippen LogP contribution in [-0.4, -0.2) is 32.1 Å². The standard InChI is InChI=1S/C14H23ClN2/c1-11(9-16-3)10-17(4)12(2)13-5-7-14(15)8-6-13/h5-8,11-12,16H,9-10H2,1-4H3. The van der Waals surface area contributed by atoms with E-state index in [4.69, 9.17) is 11.6 Å². The number of halogens is 1. The normalized spacial score (nSPS) is 14.9. The summed E-state index contributed by atoms with van der Waals surface area (Å²) in [6, 6.07) is 8.54. The largest absolute Gasteiger partial charge is 0.319 e. The maximum atomic E-state index is 5.90. The molecular weight excluding hydrogens is 232 g/mol. The van der Waals surface area contributed by atoms with E-state index in [1.54, 1.807) is 0 Å². The van der Waals surface area contributed by atoms with Gasteiger partial charge >= 0.3 is 0 Å². The van der Waals surface area contributed by atoms with Gasteiger partial charge in [0.05, 0.1) is 0 Å². The van der Waals surface area contributed by atoms with Crippen LogP contribution in [0.25, 0.3) is 0 Å². The van der Waals surface area contributed by atoms with Gasteiger partial charge in [-0.3, -0.25) is 4.90 Å². The van der Waals surface area contributed by atoms with E-state index in [1.807, 2.05) is 19.2 Å². The van der Waals surface area contributed by atoms with Gasteiger partial charge in [-0.05, 0) is 51.2 Å². The lowest BCUT2D eigenvalue weighted by atomic mass is 10.1. The number of hydrogen-bond acceptors (Lipinski definition) is 2. The molecule has 0 aliphatic carbocycles. The third-order valence-corrected chi connectivity index (χ3v) is 3.42. The molecule has 0 amide bonds. The molecule has 0 aliphatic heterocycles. The lowest BCUT2D eigenvalue weighted by Crippen LogP contribution is -2.31. The highest BCUT2D eigenvalue weighted by Crippen LogP contribution is 2.21. The molecule has 0 bridgehead atoms. The first-order valence-corrected chi connectivity index (χ1v) is 6.52. The molecule has 0 saturated heterocycles. The molecule has 1 aromatic rings. The number of nitrogens with zero attached hydrogens (tertiary/aromatic N) is 1. The Morgan fingerprint density at radius 2 is 1.82 bits per heavy atom.